The van der Waals surface area contributed by atoms with Gasteiger partial charge in [0, 0.05) is 6.54 Å². The molecule has 1 fully saturated rings. The average molecular weight is 292 g/mol. The summed E-state index contributed by atoms with van der Waals surface area (Å²) in [6, 6.07) is 5.18. The number of hydrogen-bond acceptors (Lipinski definition) is 1. The summed E-state index contributed by atoms with van der Waals surface area (Å²) in [5.74, 6) is 1.36. The van der Waals surface area contributed by atoms with E-state index in [-0.39, 0.29) is 5.82 Å². The van der Waals surface area contributed by atoms with E-state index in [1.165, 1.54) is 38.2 Å². The minimum atomic E-state index is -0.220. The van der Waals surface area contributed by atoms with Crippen LogP contribution in [0.2, 0.25) is 0 Å². The highest BCUT2D eigenvalue weighted by molar-refractivity contribution is 7.71. The number of para-hydroxylation sites is 1. The lowest BCUT2D eigenvalue weighted by atomic mass is 9.81. The van der Waals surface area contributed by atoms with E-state index in [2.05, 4.69) is 16.5 Å². The number of H-pyrrole nitrogens is 1. The standard InChI is InChI=1S/C16H21FN2S/c1-2-11-6-8-12(9-7-11)10-19-14-5-3-4-13(17)15(14)18-16(19)20/h3-5,11-12H,2,6-10H2,1H3,(H,18,20). The molecular formula is C16H21FN2S. The van der Waals surface area contributed by atoms with Crippen LogP contribution in [0.1, 0.15) is 39.0 Å². The van der Waals surface area contributed by atoms with Gasteiger partial charge in [0.05, 0.1) is 5.52 Å². The Morgan fingerprint density at radius 3 is 2.65 bits per heavy atom. The molecule has 108 valence electrons. The van der Waals surface area contributed by atoms with Crippen molar-refractivity contribution in [2.45, 2.75) is 45.6 Å². The van der Waals surface area contributed by atoms with Crippen molar-refractivity contribution in [3.05, 3.63) is 28.8 Å². The van der Waals surface area contributed by atoms with Crippen LogP contribution in [0.3, 0.4) is 0 Å². The molecule has 4 heteroatoms. The van der Waals surface area contributed by atoms with Crippen molar-refractivity contribution in [1.82, 2.24) is 9.55 Å². The molecule has 1 aromatic heterocycles. The highest BCUT2D eigenvalue weighted by Crippen LogP contribution is 2.32. The van der Waals surface area contributed by atoms with Crippen LogP contribution in [-0.2, 0) is 6.54 Å². The maximum Gasteiger partial charge on any atom is 0.178 e. The van der Waals surface area contributed by atoms with Crippen molar-refractivity contribution in [2.75, 3.05) is 0 Å². The summed E-state index contributed by atoms with van der Waals surface area (Å²) in [5.41, 5.74) is 1.44. The van der Waals surface area contributed by atoms with Crippen molar-refractivity contribution in [3.8, 4) is 0 Å². The molecule has 1 aromatic carbocycles. The van der Waals surface area contributed by atoms with Crippen molar-refractivity contribution >= 4 is 23.3 Å². The molecule has 1 heterocycles. The number of nitrogens with zero attached hydrogens (tertiary/aromatic N) is 1. The third-order valence-corrected chi connectivity index (χ3v) is 5.07. The number of imidazole rings is 1. The lowest BCUT2D eigenvalue weighted by Crippen LogP contribution is -2.18. The number of aromatic amines is 1. The zero-order valence-corrected chi connectivity index (χ0v) is 12.7. The third kappa shape index (κ3) is 2.53. The Bertz CT molecular complexity index is 650. The zero-order valence-electron chi connectivity index (χ0n) is 11.9. The second-order valence-corrected chi connectivity index (χ2v) is 6.36. The Labute approximate surface area is 124 Å². The molecule has 1 aliphatic carbocycles. The molecule has 0 amide bonds. The van der Waals surface area contributed by atoms with Crippen molar-refractivity contribution in [1.29, 1.82) is 0 Å². The molecule has 1 N–H and O–H groups in total. The van der Waals surface area contributed by atoms with Gasteiger partial charge < -0.3 is 9.55 Å². The fourth-order valence-electron chi connectivity index (χ4n) is 3.41. The first-order valence-electron chi connectivity index (χ1n) is 7.56. The molecule has 2 aromatic rings. The molecule has 0 spiro atoms. The summed E-state index contributed by atoms with van der Waals surface area (Å²) in [6.45, 7) is 3.20. The molecule has 1 aliphatic rings. The van der Waals surface area contributed by atoms with Gasteiger partial charge in [0.15, 0.2) is 4.77 Å². The molecular weight excluding hydrogens is 271 g/mol. The highest BCUT2D eigenvalue weighted by atomic mass is 32.1. The molecule has 0 saturated heterocycles. The number of nitrogens with one attached hydrogen (secondary N) is 1. The Morgan fingerprint density at radius 1 is 1.25 bits per heavy atom. The summed E-state index contributed by atoms with van der Waals surface area (Å²) in [5, 5.41) is 0. The zero-order chi connectivity index (χ0) is 14.1. The minimum Gasteiger partial charge on any atom is -0.328 e. The van der Waals surface area contributed by atoms with Gasteiger partial charge in [-0.15, -0.1) is 0 Å². The number of fused-ring (bicyclic) bond motifs is 1. The molecule has 1 saturated carbocycles. The van der Waals surface area contributed by atoms with Gasteiger partial charge in [0.25, 0.3) is 0 Å². The lowest BCUT2D eigenvalue weighted by molar-refractivity contribution is 0.248. The van der Waals surface area contributed by atoms with Gasteiger partial charge in [-0.25, -0.2) is 4.39 Å². The molecule has 0 atom stereocenters. The van der Waals surface area contributed by atoms with Crippen molar-refractivity contribution in [2.24, 2.45) is 11.8 Å². The van der Waals surface area contributed by atoms with Gasteiger partial charge in [-0.3, -0.25) is 0 Å². The number of hydrogen-bond donors (Lipinski definition) is 1. The number of halogens is 1. The first-order chi connectivity index (χ1) is 9.69. The molecule has 0 bridgehead atoms. The molecule has 20 heavy (non-hydrogen) atoms. The lowest BCUT2D eigenvalue weighted by Gasteiger charge is -2.28. The van der Waals surface area contributed by atoms with Gasteiger partial charge >= 0.3 is 0 Å². The topological polar surface area (TPSA) is 20.7 Å². The molecule has 3 rings (SSSR count). The van der Waals surface area contributed by atoms with E-state index in [0.717, 1.165) is 18.0 Å². The van der Waals surface area contributed by atoms with Crippen LogP contribution in [-0.4, -0.2) is 9.55 Å². The van der Waals surface area contributed by atoms with Crippen LogP contribution >= 0.6 is 12.2 Å². The van der Waals surface area contributed by atoms with Crippen LogP contribution in [0.15, 0.2) is 18.2 Å². The minimum absolute atomic E-state index is 0.220. The first kappa shape index (κ1) is 13.8. The van der Waals surface area contributed by atoms with E-state index < -0.39 is 0 Å². The van der Waals surface area contributed by atoms with Gasteiger partial charge in [0.2, 0.25) is 0 Å². The Morgan fingerprint density at radius 2 is 1.95 bits per heavy atom. The first-order valence-corrected chi connectivity index (χ1v) is 7.97. The van der Waals surface area contributed by atoms with E-state index in [1.807, 2.05) is 6.07 Å². The summed E-state index contributed by atoms with van der Waals surface area (Å²) in [6.07, 6.45) is 6.48. The second-order valence-electron chi connectivity index (χ2n) is 5.97. The largest absolute Gasteiger partial charge is 0.328 e. The number of benzene rings is 1. The van der Waals surface area contributed by atoms with Gasteiger partial charge in [-0.2, -0.15) is 0 Å². The second kappa shape index (κ2) is 5.68. The van der Waals surface area contributed by atoms with E-state index in [1.54, 1.807) is 6.07 Å². The normalized spacial score (nSPS) is 23.3. The quantitative estimate of drug-likeness (QED) is 0.785. The fourth-order valence-corrected chi connectivity index (χ4v) is 3.68. The fraction of sp³-hybridized carbons (Fsp3) is 0.562. The van der Waals surface area contributed by atoms with E-state index >= 15 is 0 Å². The molecule has 2 nitrogen and oxygen atoms in total. The SMILES string of the molecule is CCC1CCC(Cn2c(=S)[nH]c3c(F)cccc32)CC1. The van der Waals surface area contributed by atoms with E-state index in [4.69, 9.17) is 12.2 Å². The monoisotopic (exact) mass is 292 g/mol. The Balaban J connectivity index is 1.83. The van der Waals surface area contributed by atoms with Crippen LogP contribution in [0, 0.1) is 22.4 Å². The highest BCUT2D eigenvalue weighted by Gasteiger charge is 2.21. The van der Waals surface area contributed by atoms with Gasteiger partial charge in [0.1, 0.15) is 11.3 Å². The van der Waals surface area contributed by atoms with Gasteiger partial charge in [-0.05, 0) is 49.0 Å². The van der Waals surface area contributed by atoms with Crippen LogP contribution in [0.5, 0.6) is 0 Å². The van der Waals surface area contributed by atoms with Crippen LogP contribution in [0.4, 0.5) is 4.39 Å². The predicted molar refractivity (Wildman–Crippen MR) is 82.8 cm³/mol. The van der Waals surface area contributed by atoms with Crippen LogP contribution < -0.4 is 0 Å². The summed E-state index contributed by atoms with van der Waals surface area (Å²) in [4.78, 5) is 3.01. The maximum atomic E-state index is 13.8. The number of rotatable bonds is 3. The smallest absolute Gasteiger partial charge is 0.178 e. The third-order valence-electron chi connectivity index (χ3n) is 4.74. The van der Waals surface area contributed by atoms with Crippen LogP contribution in [0.25, 0.3) is 11.0 Å². The molecule has 0 radical (unpaired) electrons. The van der Waals surface area contributed by atoms with E-state index in [9.17, 15) is 4.39 Å². The Hall–Kier alpha value is -1.16. The number of aromatic nitrogens is 2. The van der Waals surface area contributed by atoms with Gasteiger partial charge in [-0.1, -0.05) is 32.3 Å². The Kier molecular flexibility index (Phi) is 3.92. The molecule has 0 aliphatic heterocycles. The van der Waals surface area contributed by atoms with E-state index in [0.29, 0.717) is 16.2 Å². The molecule has 0 unspecified atom stereocenters. The summed E-state index contributed by atoms with van der Waals surface area (Å²) < 4.78 is 16.5. The summed E-state index contributed by atoms with van der Waals surface area (Å²) in [7, 11) is 0. The summed E-state index contributed by atoms with van der Waals surface area (Å²) >= 11 is 5.37. The average Bonchev–Trinajstić information content (AvgIpc) is 2.78. The maximum absolute atomic E-state index is 13.8. The predicted octanol–water partition coefficient (Wildman–Crippen LogP) is 5.05. The van der Waals surface area contributed by atoms with Crippen molar-refractivity contribution in [3.63, 3.8) is 0 Å². The van der Waals surface area contributed by atoms with Crippen molar-refractivity contribution < 1.29 is 4.39 Å².